The molecule has 1 N–H and O–H groups in total. The molecule has 0 aromatic heterocycles. The molecule has 0 aliphatic carbocycles. The molecule has 132 valence electrons. The third-order valence-corrected chi connectivity index (χ3v) is 4.59. The zero-order chi connectivity index (χ0) is 18.2. The standard InChI is InChI=1S/C21H25NO3/c1-13-6-8-19-16(10-13)17(12-21(3,4)25-19)22-20(23)15-7-9-18(24-5)14(2)11-15/h6-11,17H,12H2,1-5H3,(H,22,23)/t17-/m1/s1. The first-order valence-electron chi connectivity index (χ1n) is 8.54. The summed E-state index contributed by atoms with van der Waals surface area (Å²) in [6.45, 7) is 8.08. The van der Waals surface area contributed by atoms with Gasteiger partial charge in [-0.15, -0.1) is 0 Å². The Hall–Kier alpha value is -2.49. The first-order chi connectivity index (χ1) is 11.8. The lowest BCUT2D eigenvalue weighted by Crippen LogP contribution is -2.41. The third-order valence-electron chi connectivity index (χ3n) is 4.59. The van der Waals surface area contributed by atoms with Crippen LogP contribution in [0, 0.1) is 13.8 Å². The molecule has 2 aromatic carbocycles. The van der Waals surface area contributed by atoms with Gasteiger partial charge in [-0.3, -0.25) is 4.79 Å². The molecule has 1 aliphatic rings. The minimum Gasteiger partial charge on any atom is -0.496 e. The van der Waals surface area contributed by atoms with Crippen LogP contribution in [0.3, 0.4) is 0 Å². The average molecular weight is 339 g/mol. The van der Waals surface area contributed by atoms with Crippen molar-refractivity contribution in [3.05, 3.63) is 58.7 Å². The summed E-state index contributed by atoms with van der Waals surface area (Å²) in [5.41, 5.74) is 3.45. The Morgan fingerprint density at radius 2 is 1.96 bits per heavy atom. The van der Waals surface area contributed by atoms with E-state index in [0.29, 0.717) is 5.56 Å². The molecule has 1 aliphatic heterocycles. The molecule has 25 heavy (non-hydrogen) atoms. The van der Waals surface area contributed by atoms with E-state index >= 15 is 0 Å². The summed E-state index contributed by atoms with van der Waals surface area (Å²) in [5.74, 6) is 1.55. The molecule has 0 saturated heterocycles. The monoisotopic (exact) mass is 339 g/mol. The van der Waals surface area contributed by atoms with Crippen molar-refractivity contribution in [2.75, 3.05) is 7.11 Å². The number of benzene rings is 2. The van der Waals surface area contributed by atoms with Crippen molar-refractivity contribution in [3.63, 3.8) is 0 Å². The van der Waals surface area contributed by atoms with Gasteiger partial charge in [-0.2, -0.15) is 0 Å². The Morgan fingerprint density at radius 1 is 1.20 bits per heavy atom. The van der Waals surface area contributed by atoms with Gasteiger partial charge in [0.2, 0.25) is 0 Å². The molecule has 0 saturated carbocycles. The highest BCUT2D eigenvalue weighted by Gasteiger charge is 2.34. The molecule has 0 unspecified atom stereocenters. The van der Waals surface area contributed by atoms with Gasteiger partial charge in [0.25, 0.3) is 5.91 Å². The average Bonchev–Trinajstić information content (AvgIpc) is 2.54. The Morgan fingerprint density at radius 3 is 2.64 bits per heavy atom. The van der Waals surface area contributed by atoms with Gasteiger partial charge >= 0.3 is 0 Å². The maximum Gasteiger partial charge on any atom is 0.251 e. The quantitative estimate of drug-likeness (QED) is 0.904. The van der Waals surface area contributed by atoms with Crippen LogP contribution >= 0.6 is 0 Å². The number of nitrogens with one attached hydrogen (secondary N) is 1. The summed E-state index contributed by atoms with van der Waals surface area (Å²) < 4.78 is 11.3. The number of hydrogen-bond donors (Lipinski definition) is 1. The zero-order valence-corrected chi connectivity index (χ0v) is 15.5. The fourth-order valence-corrected chi connectivity index (χ4v) is 3.36. The molecular formula is C21H25NO3. The van der Waals surface area contributed by atoms with Crippen molar-refractivity contribution >= 4 is 5.91 Å². The Kier molecular flexibility index (Phi) is 4.46. The maximum absolute atomic E-state index is 12.8. The number of carbonyl (C=O) groups excluding carboxylic acids is 1. The van der Waals surface area contributed by atoms with E-state index in [1.165, 1.54) is 0 Å². The summed E-state index contributed by atoms with van der Waals surface area (Å²) in [5, 5.41) is 3.18. The van der Waals surface area contributed by atoms with E-state index in [1.807, 2.05) is 52.0 Å². The number of carbonyl (C=O) groups is 1. The molecule has 2 aromatic rings. The number of hydrogen-bond acceptors (Lipinski definition) is 3. The summed E-state index contributed by atoms with van der Waals surface area (Å²) >= 11 is 0. The van der Waals surface area contributed by atoms with E-state index in [-0.39, 0.29) is 17.6 Å². The highest BCUT2D eigenvalue weighted by Crippen LogP contribution is 2.40. The number of fused-ring (bicyclic) bond motifs is 1. The van der Waals surface area contributed by atoms with Crippen molar-refractivity contribution in [2.45, 2.75) is 45.8 Å². The van der Waals surface area contributed by atoms with Gasteiger partial charge in [0, 0.05) is 17.5 Å². The molecule has 3 rings (SSSR count). The molecule has 0 fully saturated rings. The highest BCUT2D eigenvalue weighted by atomic mass is 16.5. The smallest absolute Gasteiger partial charge is 0.251 e. The Labute approximate surface area is 149 Å². The van der Waals surface area contributed by atoms with Crippen LogP contribution in [-0.2, 0) is 0 Å². The Bertz CT molecular complexity index is 811. The van der Waals surface area contributed by atoms with Crippen LogP contribution in [0.4, 0.5) is 0 Å². The van der Waals surface area contributed by atoms with Crippen molar-refractivity contribution < 1.29 is 14.3 Å². The first kappa shape index (κ1) is 17.3. The molecule has 4 nitrogen and oxygen atoms in total. The van der Waals surface area contributed by atoms with Crippen LogP contribution in [0.15, 0.2) is 36.4 Å². The molecular weight excluding hydrogens is 314 g/mol. The lowest BCUT2D eigenvalue weighted by molar-refractivity contribution is 0.0619. The van der Waals surface area contributed by atoms with Gasteiger partial charge in [0.15, 0.2) is 0 Å². The predicted octanol–water partition coefficient (Wildman–Crippen LogP) is 4.34. The van der Waals surface area contributed by atoms with Crippen LogP contribution < -0.4 is 14.8 Å². The molecule has 1 amide bonds. The Balaban J connectivity index is 1.88. The molecule has 0 spiro atoms. The van der Waals surface area contributed by atoms with E-state index < -0.39 is 0 Å². The number of methoxy groups -OCH3 is 1. The van der Waals surface area contributed by atoms with Crippen LogP contribution in [0.2, 0.25) is 0 Å². The lowest BCUT2D eigenvalue weighted by Gasteiger charge is -2.38. The van der Waals surface area contributed by atoms with Gasteiger partial charge in [0.1, 0.15) is 17.1 Å². The summed E-state index contributed by atoms with van der Waals surface area (Å²) in [4.78, 5) is 12.8. The minimum atomic E-state index is -0.323. The highest BCUT2D eigenvalue weighted by molar-refractivity contribution is 5.95. The second-order valence-electron chi connectivity index (χ2n) is 7.32. The summed E-state index contributed by atoms with van der Waals surface area (Å²) in [7, 11) is 1.63. The maximum atomic E-state index is 12.8. The fourth-order valence-electron chi connectivity index (χ4n) is 3.36. The first-order valence-corrected chi connectivity index (χ1v) is 8.54. The van der Waals surface area contributed by atoms with Gasteiger partial charge < -0.3 is 14.8 Å². The molecule has 1 atom stereocenters. The number of aryl methyl sites for hydroxylation is 2. The SMILES string of the molecule is COc1ccc(C(=O)N[C@@H]2CC(C)(C)Oc3ccc(C)cc32)cc1C. The van der Waals surface area contributed by atoms with Gasteiger partial charge in [-0.1, -0.05) is 17.7 Å². The number of ether oxygens (including phenoxy) is 2. The summed E-state index contributed by atoms with van der Waals surface area (Å²) in [6.07, 6.45) is 0.727. The normalized spacial score (nSPS) is 18.0. The van der Waals surface area contributed by atoms with Crippen LogP contribution in [0.5, 0.6) is 11.5 Å². The second-order valence-corrected chi connectivity index (χ2v) is 7.32. The van der Waals surface area contributed by atoms with E-state index in [4.69, 9.17) is 9.47 Å². The van der Waals surface area contributed by atoms with E-state index in [1.54, 1.807) is 13.2 Å². The molecule has 0 radical (unpaired) electrons. The molecule has 4 heteroatoms. The lowest BCUT2D eigenvalue weighted by atomic mass is 9.88. The minimum absolute atomic E-state index is 0.0754. The third kappa shape index (κ3) is 3.63. The van der Waals surface area contributed by atoms with Crippen LogP contribution in [0.25, 0.3) is 0 Å². The van der Waals surface area contributed by atoms with Gasteiger partial charge in [-0.25, -0.2) is 0 Å². The summed E-state index contributed by atoms with van der Waals surface area (Å²) in [6, 6.07) is 11.5. The van der Waals surface area contributed by atoms with Crippen molar-refractivity contribution in [3.8, 4) is 11.5 Å². The van der Waals surface area contributed by atoms with Gasteiger partial charge in [0.05, 0.1) is 13.2 Å². The predicted molar refractivity (Wildman–Crippen MR) is 98.4 cm³/mol. The van der Waals surface area contributed by atoms with Crippen molar-refractivity contribution in [1.82, 2.24) is 5.32 Å². The second kappa shape index (κ2) is 6.43. The molecule has 0 bridgehead atoms. The fraction of sp³-hybridized carbons (Fsp3) is 0.381. The van der Waals surface area contributed by atoms with E-state index in [2.05, 4.69) is 11.4 Å². The van der Waals surface area contributed by atoms with Crippen LogP contribution in [-0.4, -0.2) is 18.6 Å². The van der Waals surface area contributed by atoms with E-state index in [0.717, 1.165) is 34.6 Å². The van der Waals surface area contributed by atoms with Crippen molar-refractivity contribution in [1.29, 1.82) is 0 Å². The van der Waals surface area contributed by atoms with E-state index in [9.17, 15) is 4.79 Å². The zero-order valence-electron chi connectivity index (χ0n) is 15.5. The largest absolute Gasteiger partial charge is 0.496 e. The van der Waals surface area contributed by atoms with Crippen molar-refractivity contribution in [2.24, 2.45) is 0 Å². The topological polar surface area (TPSA) is 47.6 Å². The van der Waals surface area contributed by atoms with Gasteiger partial charge in [-0.05, 0) is 57.5 Å². The molecule has 1 heterocycles. The van der Waals surface area contributed by atoms with Crippen LogP contribution in [0.1, 0.15) is 53.4 Å². The number of rotatable bonds is 3. The number of amides is 1.